The van der Waals surface area contributed by atoms with Gasteiger partial charge in [-0.3, -0.25) is 0 Å². The maximum atomic E-state index is 13.1. The number of unbranched alkanes of at least 4 members (excludes halogenated alkanes) is 7. The molecule has 10 heteroatoms. The van der Waals surface area contributed by atoms with E-state index in [1.807, 2.05) is 35.2 Å². The number of rotatable bonds is 20. The Balaban J connectivity index is 1.05. The highest BCUT2D eigenvalue weighted by Gasteiger charge is 2.26. The molecular formula is C45H63N3O7. The van der Waals surface area contributed by atoms with Gasteiger partial charge in [0.05, 0.1) is 6.61 Å². The highest BCUT2D eigenvalue weighted by molar-refractivity contribution is 5.71. The number of carbonyl (C=O) groups excluding carboxylic acids is 3. The first-order chi connectivity index (χ1) is 26.6. The third kappa shape index (κ3) is 17.1. The normalized spacial score (nSPS) is 13.2. The summed E-state index contributed by atoms with van der Waals surface area (Å²) in [5.74, 6) is 1.81. The lowest BCUT2D eigenvalue weighted by Crippen LogP contribution is -2.43. The molecular weight excluding hydrogens is 695 g/mol. The third-order valence-electron chi connectivity index (χ3n) is 9.47. The van der Waals surface area contributed by atoms with Crippen molar-refractivity contribution < 1.29 is 33.3 Å². The van der Waals surface area contributed by atoms with Crippen molar-refractivity contribution in [1.82, 2.24) is 15.1 Å². The fraction of sp³-hybridized carbons (Fsp3) is 0.533. The standard InChI is InChI=1S/C45H63N3O7/c1-5-6-7-9-15-30-48(35-37-21-19-36(20-22-37)34-45(2,3)4)43(50)52-33-16-10-8-14-29-46-42(49)54-41-27-31-47(32-28-41)44(51)55-40-25-23-39(24-26-40)53-38-17-12-11-13-18-38/h11-13,17-26,41H,5-10,14-16,27-35H2,1-4H3,(H,46,49). The van der Waals surface area contributed by atoms with Crippen molar-refractivity contribution in [1.29, 1.82) is 0 Å². The summed E-state index contributed by atoms with van der Waals surface area (Å²) in [5.41, 5.74) is 2.66. The monoisotopic (exact) mass is 757 g/mol. The Morgan fingerprint density at radius 2 is 1.36 bits per heavy atom. The van der Waals surface area contributed by atoms with Crippen LogP contribution in [0.15, 0.2) is 78.9 Å². The molecule has 0 bridgehead atoms. The quantitative estimate of drug-likeness (QED) is 0.114. The van der Waals surface area contributed by atoms with Crippen molar-refractivity contribution in [2.24, 2.45) is 5.41 Å². The van der Waals surface area contributed by atoms with Crippen LogP contribution in [0.2, 0.25) is 0 Å². The van der Waals surface area contributed by atoms with Gasteiger partial charge in [0.25, 0.3) is 0 Å². The van der Waals surface area contributed by atoms with Crippen LogP contribution in [0.5, 0.6) is 17.2 Å². The summed E-state index contributed by atoms with van der Waals surface area (Å²) in [5, 5.41) is 2.84. The Hall–Kier alpha value is -4.73. The first kappa shape index (κ1) is 43.0. The van der Waals surface area contributed by atoms with Crippen LogP contribution in [0.3, 0.4) is 0 Å². The molecule has 0 aliphatic carbocycles. The van der Waals surface area contributed by atoms with Crippen LogP contribution in [-0.2, 0) is 22.4 Å². The molecule has 1 fully saturated rings. The van der Waals surface area contributed by atoms with Crippen LogP contribution in [0.4, 0.5) is 14.4 Å². The van der Waals surface area contributed by atoms with Gasteiger partial charge in [-0.1, -0.05) is 102 Å². The van der Waals surface area contributed by atoms with E-state index in [-0.39, 0.29) is 17.6 Å². The number of likely N-dealkylation sites (tertiary alicyclic amines) is 1. The SMILES string of the molecule is CCCCCCCN(Cc1ccc(CC(C)(C)C)cc1)C(=O)OCCCCCCNC(=O)OC1CCN(C(=O)Oc2ccc(Oc3ccccc3)cc2)CC1. The molecule has 1 aliphatic heterocycles. The molecule has 1 saturated heterocycles. The number of benzene rings is 3. The van der Waals surface area contributed by atoms with Gasteiger partial charge in [0.15, 0.2) is 0 Å². The zero-order valence-corrected chi connectivity index (χ0v) is 33.6. The van der Waals surface area contributed by atoms with E-state index in [9.17, 15) is 14.4 Å². The third-order valence-corrected chi connectivity index (χ3v) is 9.47. The summed E-state index contributed by atoms with van der Waals surface area (Å²) in [6, 6.07) is 25.0. The van der Waals surface area contributed by atoms with Gasteiger partial charge in [-0.2, -0.15) is 0 Å². The van der Waals surface area contributed by atoms with Crippen LogP contribution in [0, 0.1) is 5.41 Å². The van der Waals surface area contributed by atoms with Crippen molar-refractivity contribution in [2.45, 2.75) is 117 Å². The number of alkyl carbamates (subject to hydrolysis) is 1. The summed E-state index contributed by atoms with van der Waals surface area (Å²) < 4.78 is 22.6. The first-order valence-electron chi connectivity index (χ1n) is 20.3. The first-order valence-corrected chi connectivity index (χ1v) is 20.3. The van der Waals surface area contributed by atoms with Gasteiger partial charge in [-0.15, -0.1) is 0 Å². The second-order valence-corrected chi connectivity index (χ2v) is 15.7. The molecule has 1 N–H and O–H groups in total. The van der Waals surface area contributed by atoms with Gasteiger partial charge in [0.2, 0.25) is 0 Å². The van der Waals surface area contributed by atoms with Crippen molar-refractivity contribution in [2.75, 3.05) is 32.8 Å². The molecule has 10 nitrogen and oxygen atoms in total. The largest absolute Gasteiger partial charge is 0.457 e. The molecule has 4 rings (SSSR count). The minimum atomic E-state index is -0.439. The van der Waals surface area contributed by atoms with Crippen LogP contribution < -0.4 is 14.8 Å². The molecule has 0 radical (unpaired) electrons. The van der Waals surface area contributed by atoms with Crippen molar-refractivity contribution >= 4 is 18.3 Å². The molecule has 0 unspecified atom stereocenters. The molecule has 300 valence electrons. The Morgan fingerprint density at radius 3 is 2.05 bits per heavy atom. The molecule has 55 heavy (non-hydrogen) atoms. The number of amides is 3. The summed E-state index contributed by atoms with van der Waals surface area (Å²) in [6.45, 7) is 12.0. The van der Waals surface area contributed by atoms with Gasteiger partial charge in [0, 0.05) is 45.6 Å². The number of ether oxygens (including phenoxy) is 4. The number of hydrogen-bond donors (Lipinski definition) is 1. The fourth-order valence-corrected chi connectivity index (χ4v) is 6.47. The lowest BCUT2D eigenvalue weighted by molar-refractivity contribution is 0.0524. The lowest BCUT2D eigenvalue weighted by Gasteiger charge is -2.30. The van der Waals surface area contributed by atoms with E-state index in [0.29, 0.717) is 63.7 Å². The molecule has 3 amide bonds. The number of hydrogen-bond acceptors (Lipinski definition) is 7. The Kier molecular flexibility index (Phi) is 18.2. The minimum Gasteiger partial charge on any atom is -0.457 e. The van der Waals surface area contributed by atoms with E-state index in [0.717, 1.165) is 56.3 Å². The maximum absolute atomic E-state index is 13.1. The highest BCUT2D eigenvalue weighted by atomic mass is 16.6. The van der Waals surface area contributed by atoms with E-state index >= 15 is 0 Å². The molecule has 3 aromatic rings. The Morgan fingerprint density at radius 1 is 0.745 bits per heavy atom. The zero-order chi connectivity index (χ0) is 39.3. The molecule has 1 heterocycles. The van der Waals surface area contributed by atoms with E-state index in [2.05, 4.69) is 57.3 Å². The van der Waals surface area contributed by atoms with Crippen LogP contribution in [0.1, 0.15) is 109 Å². The van der Waals surface area contributed by atoms with Crippen LogP contribution in [-0.4, -0.2) is 67.0 Å². The van der Waals surface area contributed by atoms with E-state index in [4.69, 9.17) is 18.9 Å². The highest BCUT2D eigenvalue weighted by Crippen LogP contribution is 2.25. The molecule has 0 aromatic heterocycles. The van der Waals surface area contributed by atoms with Gasteiger partial charge in [-0.05, 0) is 85.0 Å². The van der Waals surface area contributed by atoms with Gasteiger partial charge < -0.3 is 34.1 Å². The van der Waals surface area contributed by atoms with E-state index in [1.165, 1.54) is 24.8 Å². The van der Waals surface area contributed by atoms with E-state index in [1.54, 1.807) is 29.2 Å². The summed E-state index contributed by atoms with van der Waals surface area (Å²) in [7, 11) is 0. The number of piperidine rings is 1. The minimum absolute atomic E-state index is 0.231. The van der Waals surface area contributed by atoms with Gasteiger partial charge >= 0.3 is 18.3 Å². The topological polar surface area (TPSA) is 107 Å². The molecule has 3 aromatic carbocycles. The molecule has 1 aliphatic rings. The lowest BCUT2D eigenvalue weighted by atomic mass is 9.88. The average molecular weight is 758 g/mol. The van der Waals surface area contributed by atoms with E-state index < -0.39 is 12.2 Å². The predicted molar refractivity (Wildman–Crippen MR) is 217 cm³/mol. The second-order valence-electron chi connectivity index (χ2n) is 15.7. The summed E-state index contributed by atoms with van der Waals surface area (Å²) in [4.78, 5) is 41.7. The molecule has 0 atom stereocenters. The summed E-state index contributed by atoms with van der Waals surface area (Å²) >= 11 is 0. The maximum Gasteiger partial charge on any atom is 0.415 e. The molecule has 0 spiro atoms. The fourth-order valence-electron chi connectivity index (χ4n) is 6.47. The van der Waals surface area contributed by atoms with Crippen molar-refractivity contribution in [3.05, 3.63) is 90.0 Å². The predicted octanol–water partition coefficient (Wildman–Crippen LogP) is 10.9. The Bertz CT molecular complexity index is 1550. The van der Waals surface area contributed by atoms with Crippen LogP contribution in [0.25, 0.3) is 0 Å². The number of para-hydroxylation sites is 1. The second kappa shape index (κ2) is 23.2. The number of nitrogens with zero attached hydrogens (tertiary/aromatic N) is 2. The van der Waals surface area contributed by atoms with Crippen molar-refractivity contribution in [3.63, 3.8) is 0 Å². The smallest absolute Gasteiger partial charge is 0.415 e. The zero-order valence-electron chi connectivity index (χ0n) is 33.6. The van der Waals surface area contributed by atoms with Crippen molar-refractivity contribution in [3.8, 4) is 17.2 Å². The molecule has 0 saturated carbocycles. The number of carbonyl (C=O) groups is 3. The van der Waals surface area contributed by atoms with Gasteiger partial charge in [0.1, 0.15) is 23.4 Å². The average Bonchev–Trinajstić information content (AvgIpc) is 3.16. The number of nitrogens with one attached hydrogen (secondary N) is 1. The van der Waals surface area contributed by atoms with Gasteiger partial charge in [-0.25, -0.2) is 14.4 Å². The summed E-state index contributed by atoms with van der Waals surface area (Å²) in [6.07, 6.45) is 9.82. The van der Waals surface area contributed by atoms with Crippen LogP contribution >= 0.6 is 0 Å². The Labute approximate surface area is 328 Å².